The van der Waals surface area contributed by atoms with Gasteiger partial charge in [-0.3, -0.25) is 4.98 Å². The predicted molar refractivity (Wildman–Crippen MR) is 67.8 cm³/mol. The van der Waals surface area contributed by atoms with Gasteiger partial charge < -0.3 is 0 Å². The lowest BCUT2D eigenvalue weighted by atomic mass is 10.1. The number of benzene rings is 1. The highest BCUT2D eigenvalue weighted by Gasteiger charge is 2.34. The number of pyridine rings is 1. The van der Waals surface area contributed by atoms with Crippen LogP contribution in [0.2, 0.25) is 0 Å². The van der Waals surface area contributed by atoms with E-state index in [1.807, 2.05) is 0 Å². The van der Waals surface area contributed by atoms with Crippen molar-refractivity contribution in [3.63, 3.8) is 0 Å². The lowest BCUT2D eigenvalue weighted by Gasteiger charge is -2.11. The monoisotopic (exact) mass is 275 g/mol. The molecule has 0 saturated carbocycles. The summed E-state index contributed by atoms with van der Waals surface area (Å²) in [7, 11) is 0. The van der Waals surface area contributed by atoms with Crippen molar-refractivity contribution in [1.29, 1.82) is 0 Å². The number of nitrogens with zero attached hydrogens (tertiary/aromatic N) is 3. The Hall–Kier alpha value is -2.50. The number of hydrogen-bond donors (Lipinski definition) is 0. The molecule has 20 heavy (non-hydrogen) atoms. The van der Waals surface area contributed by atoms with Gasteiger partial charge in [-0.15, -0.1) is 0 Å². The SMILES string of the molecule is FC(F)(F)c1ccccc1-c1ncc2ncccc2n1. The molecule has 0 atom stereocenters. The minimum Gasteiger partial charge on any atom is -0.253 e. The quantitative estimate of drug-likeness (QED) is 0.679. The van der Waals surface area contributed by atoms with Gasteiger partial charge in [0.15, 0.2) is 5.82 Å². The van der Waals surface area contributed by atoms with E-state index in [1.165, 1.54) is 24.4 Å². The summed E-state index contributed by atoms with van der Waals surface area (Å²) in [6.45, 7) is 0. The Morgan fingerprint density at radius 2 is 1.65 bits per heavy atom. The number of fused-ring (bicyclic) bond motifs is 1. The van der Waals surface area contributed by atoms with Crippen LogP contribution in [0.1, 0.15) is 5.56 Å². The summed E-state index contributed by atoms with van der Waals surface area (Å²) in [5.74, 6) is 0.0402. The van der Waals surface area contributed by atoms with Crippen LogP contribution in [-0.4, -0.2) is 15.0 Å². The van der Waals surface area contributed by atoms with Crippen molar-refractivity contribution in [2.75, 3.05) is 0 Å². The van der Waals surface area contributed by atoms with Crippen LogP contribution in [0.4, 0.5) is 13.2 Å². The Morgan fingerprint density at radius 1 is 0.850 bits per heavy atom. The van der Waals surface area contributed by atoms with Gasteiger partial charge in [0.05, 0.1) is 17.3 Å². The standard InChI is InChI=1S/C14H8F3N3/c15-14(16,17)10-5-2-1-4-9(10)13-19-8-12-11(20-13)6-3-7-18-12/h1-8H. The van der Waals surface area contributed by atoms with Crippen molar-refractivity contribution in [2.45, 2.75) is 6.18 Å². The minimum atomic E-state index is -4.44. The summed E-state index contributed by atoms with van der Waals surface area (Å²) in [5, 5.41) is 0. The summed E-state index contributed by atoms with van der Waals surface area (Å²) in [4.78, 5) is 12.2. The highest BCUT2D eigenvalue weighted by atomic mass is 19.4. The van der Waals surface area contributed by atoms with Gasteiger partial charge in [-0.05, 0) is 18.2 Å². The molecular formula is C14H8F3N3. The van der Waals surface area contributed by atoms with Crippen LogP contribution in [-0.2, 0) is 6.18 Å². The molecule has 2 heterocycles. The lowest BCUT2D eigenvalue weighted by molar-refractivity contribution is -0.137. The lowest BCUT2D eigenvalue weighted by Crippen LogP contribution is -2.08. The van der Waals surface area contributed by atoms with Crippen molar-refractivity contribution >= 4 is 11.0 Å². The van der Waals surface area contributed by atoms with Crippen LogP contribution in [0.3, 0.4) is 0 Å². The van der Waals surface area contributed by atoms with Crippen LogP contribution >= 0.6 is 0 Å². The Bertz CT molecular complexity index is 769. The highest BCUT2D eigenvalue weighted by molar-refractivity contribution is 5.75. The number of halogens is 3. The number of hydrogen-bond acceptors (Lipinski definition) is 3. The molecule has 100 valence electrons. The predicted octanol–water partition coefficient (Wildman–Crippen LogP) is 3.71. The molecule has 3 rings (SSSR count). The third-order valence-corrected chi connectivity index (χ3v) is 2.83. The molecule has 3 aromatic rings. The molecule has 2 aromatic heterocycles. The molecule has 0 aliphatic carbocycles. The molecule has 3 nitrogen and oxygen atoms in total. The molecule has 0 saturated heterocycles. The van der Waals surface area contributed by atoms with E-state index in [0.717, 1.165) is 6.07 Å². The molecule has 6 heteroatoms. The van der Waals surface area contributed by atoms with E-state index in [9.17, 15) is 13.2 Å². The van der Waals surface area contributed by atoms with Gasteiger partial charge in [0.2, 0.25) is 0 Å². The fourth-order valence-electron chi connectivity index (χ4n) is 1.92. The molecular weight excluding hydrogens is 267 g/mol. The van der Waals surface area contributed by atoms with Crippen LogP contribution in [0.25, 0.3) is 22.4 Å². The normalized spacial score (nSPS) is 11.8. The molecule has 1 aromatic carbocycles. The maximum atomic E-state index is 13.0. The first kappa shape index (κ1) is 12.5. The van der Waals surface area contributed by atoms with E-state index in [4.69, 9.17) is 0 Å². The third-order valence-electron chi connectivity index (χ3n) is 2.83. The Morgan fingerprint density at radius 3 is 2.45 bits per heavy atom. The van der Waals surface area contributed by atoms with E-state index < -0.39 is 11.7 Å². The van der Waals surface area contributed by atoms with E-state index in [2.05, 4.69) is 15.0 Å². The van der Waals surface area contributed by atoms with Crippen molar-refractivity contribution in [3.05, 3.63) is 54.4 Å². The van der Waals surface area contributed by atoms with Crippen LogP contribution in [0.5, 0.6) is 0 Å². The van der Waals surface area contributed by atoms with Gasteiger partial charge >= 0.3 is 6.18 Å². The zero-order valence-electron chi connectivity index (χ0n) is 10.1. The fraction of sp³-hybridized carbons (Fsp3) is 0.0714. The van der Waals surface area contributed by atoms with E-state index >= 15 is 0 Å². The zero-order chi connectivity index (χ0) is 14.2. The topological polar surface area (TPSA) is 38.7 Å². The maximum absolute atomic E-state index is 13.0. The summed E-state index contributed by atoms with van der Waals surface area (Å²) >= 11 is 0. The van der Waals surface area contributed by atoms with Gasteiger partial charge in [0.25, 0.3) is 0 Å². The van der Waals surface area contributed by atoms with Gasteiger partial charge in [-0.1, -0.05) is 18.2 Å². The van der Waals surface area contributed by atoms with Crippen molar-refractivity contribution in [3.8, 4) is 11.4 Å². The molecule has 0 spiro atoms. The number of aromatic nitrogens is 3. The second-order valence-corrected chi connectivity index (χ2v) is 4.14. The van der Waals surface area contributed by atoms with Crippen LogP contribution < -0.4 is 0 Å². The highest BCUT2D eigenvalue weighted by Crippen LogP contribution is 2.35. The molecule has 0 aliphatic heterocycles. The van der Waals surface area contributed by atoms with E-state index in [-0.39, 0.29) is 11.4 Å². The van der Waals surface area contributed by atoms with Crippen molar-refractivity contribution in [2.24, 2.45) is 0 Å². The van der Waals surface area contributed by atoms with Gasteiger partial charge in [0.1, 0.15) is 5.52 Å². The minimum absolute atomic E-state index is 0.0363. The number of rotatable bonds is 1. The average Bonchev–Trinajstić information content (AvgIpc) is 2.46. The molecule has 0 unspecified atom stereocenters. The summed E-state index contributed by atoms with van der Waals surface area (Å²) in [5.41, 5.74) is 0.268. The maximum Gasteiger partial charge on any atom is 0.417 e. The van der Waals surface area contributed by atoms with Gasteiger partial charge in [-0.25, -0.2) is 9.97 Å². The Kier molecular flexibility index (Phi) is 2.85. The van der Waals surface area contributed by atoms with Crippen molar-refractivity contribution in [1.82, 2.24) is 15.0 Å². The molecule has 0 amide bonds. The second kappa shape index (κ2) is 4.56. The molecule has 0 N–H and O–H groups in total. The Balaban J connectivity index is 2.21. The second-order valence-electron chi connectivity index (χ2n) is 4.14. The van der Waals surface area contributed by atoms with Gasteiger partial charge in [0, 0.05) is 11.8 Å². The fourth-order valence-corrected chi connectivity index (χ4v) is 1.92. The first-order valence-corrected chi connectivity index (χ1v) is 5.80. The summed E-state index contributed by atoms with van der Waals surface area (Å²) < 4.78 is 38.9. The summed E-state index contributed by atoms with van der Waals surface area (Å²) in [6, 6.07) is 8.61. The zero-order valence-corrected chi connectivity index (χ0v) is 10.1. The first-order valence-electron chi connectivity index (χ1n) is 5.80. The Labute approximate surface area is 112 Å². The average molecular weight is 275 g/mol. The molecule has 0 aliphatic rings. The largest absolute Gasteiger partial charge is 0.417 e. The smallest absolute Gasteiger partial charge is 0.253 e. The molecule has 0 radical (unpaired) electrons. The van der Waals surface area contributed by atoms with Crippen LogP contribution in [0.15, 0.2) is 48.8 Å². The molecule has 0 fully saturated rings. The van der Waals surface area contributed by atoms with Gasteiger partial charge in [-0.2, -0.15) is 13.2 Å². The van der Waals surface area contributed by atoms with E-state index in [1.54, 1.807) is 18.3 Å². The first-order chi connectivity index (χ1) is 9.55. The van der Waals surface area contributed by atoms with Crippen molar-refractivity contribution < 1.29 is 13.2 Å². The van der Waals surface area contributed by atoms with Crippen LogP contribution in [0, 0.1) is 0 Å². The van der Waals surface area contributed by atoms with E-state index in [0.29, 0.717) is 11.0 Å². The third kappa shape index (κ3) is 2.20. The summed E-state index contributed by atoms with van der Waals surface area (Å²) in [6.07, 6.45) is -1.44. The number of alkyl halides is 3. The molecule has 0 bridgehead atoms.